The van der Waals surface area contributed by atoms with Gasteiger partial charge in [0.25, 0.3) is 5.91 Å². The molecule has 0 aliphatic heterocycles. The Morgan fingerprint density at radius 2 is 1.88 bits per heavy atom. The van der Waals surface area contributed by atoms with Gasteiger partial charge in [0.1, 0.15) is 11.5 Å². The van der Waals surface area contributed by atoms with Crippen molar-refractivity contribution in [1.29, 1.82) is 0 Å². The van der Waals surface area contributed by atoms with Crippen LogP contribution < -0.4 is 5.32 Å². The molecule has 0 unspecified atom stereocenters. The van der Waals surface area contributed by atoms with Crippen LogP contribution in [0.2, 0.25) is 0 Å². The third kappa shape index (κ3) is 3.95. The molecule has 4 nitrogen and oxygen atoms in total. The number of aryl methyl sites for hydroxylation is 1. The average molecular weight is 370 g/mol. The maximum Gasteiger partial charge on any atom is 0.416 e. The van der Waals surface area contributed by atoms with Crippen molar-refractivity contribution in [3.8, 4) is 0 Å². The molecule has 2 aromatic rings. The Kier molecular flexibility index (Phi) is 5.53. The van der Waals surface area contributed by atoms with E-state index in [-0.39, 0.29) is 17.0 Å². The molecular formula is C18H18F4N2O2. The average Bonchev–Trinajstić information content (AvgIpc) is 2.89. The van der Waals surface area contributed by atoms with E-state index in [0.29, 0.717) is 29.3 Å². The van der Waals surface area contributed by atoms with Gasteiger partial charge in [0.2, 0.25) is 0 Å². The molecule has 1 aromatic carbocycles. The van der Waals surface area contributed by atoms with Gasteiger partial charge >= 0.3 is 6.18 Å². The molecule has 0 spiro atoms. The quantitative estimate of drug-likeness (QED) is 0.613. The normalized spacial score (nSPS) is 11.5. The van der Waals surface area contributed by atoms with Gasteiger partial charge in [0.15, 0.2) is 5.78 Å². The number of Topliss-reactive ketones (excluding diaryl/α,β-unsaturated/α-hetero) is 1. The monoisotopic (exact) mass is 370 g/mol. The second kappa shape index (κ2) is 7.31. The minimum atomic E-state index is -4.73. The maximum atomic E-state index is 13.1. The zero-order valence-electron chi connectivity index (χ0n) is 14.5. The van der Waals surface area contributed by atoms with E-state index in [1.807, 2.05) is 0 Å². The molecule has 0 fully saturated rings. The number of hydrogen-bond donors (Lipinski definition) is 2. The highest BCUT2D eigenvalue weighted by Crippen LogP contribution is 2.32. The van der Waals surface area contributed by atoms with Gasteiger partial charge in [0.05, 0.1) is 5.56 Å². The largest absolute Gasteiger partial charge is 0.416 e. The lowest BCUT2D eigenvalue weighted by Crippen LogP contribution is -2.26. The molecule has 0 aliphatic carbocycles. The van der Waals surface area contributed by atoms with Crippen LogP contribution in [-0.4, -0.2) is 16.7 Å². The van der Waals surface area contributed by atoms with Crippen LogP contribution in [0.3, 0.4) is 0 Å². The molecule has 0 aliphatic rings. The third-order valence-electron chi connectivity index (χ3n) is 4.04. The van der Waals surface area contributed by atoms with Crippen molar-refractivity contribution in [3.63, 3.8) is 0 Å². The van der Waals surface area contributed by atoms with Crippen molar-refractivity contribution in [1.82, 2.24) is 10.3 Å². The standard InChI is InChI=1S/C18H18F4N2O2/c1-4-13-15(10(3)25)9(2)24-16(13)17(26)23-8-11-5-6-12(19)7-14(11)18(20,21)22/h5-7,24H,4,8H2,1-3H3,(H,23,26). The van der Waals surface area contributed by atoms with Crippen LogP contribution in [0, 0.1) is 12.7 Å². The first-order chi connectivity index (χ1) is 12.1. The van der Waals surface area contributed by atoms with Crippen LogP contribution in [0.4, 0.5) is 17.6 Å². The summed E-state index contributed by atoms with van der Waals surface area (Å²) in [6, 6.07) is 2.28. The number of alkyl halides is 3. The van der Waals surface area contributed by atoms with Gasteiger partial charge in [-0.2, -0.15) is 13.2 Å². The summed E-state index contributed by atoms with van der Waals surface area (Å²) in [6.07, 6.45) is -4.33. The fourth-order valence-electron chi connectivity index (χ4n) is 2.93. The fraction of sp³-hybridized carbons (Fsp3) is 0.333. The van der Waals surface area contributed by atoms with Gasteiger partial charge in [-0.1, -0.05) is 13.0 Å². The summed E-state index contributed by atoms with van der Waals surface area (Å²) in [7, 11) is 0. The molecule has 2 N–H and O–H groups in total. The van der Waals surface area contributed by atoms with Gasteiger partial charge in [-0.15, -0.1) is 0 Å². The van der Waals surface area contributed by atoms with Crippen LogP contribution >= 0.6 is 0 Å². The molecule has 26 heavy (non-hydrogen) atoms. The summed E-state index contributed by atoms with van der Waals surface area (Å²) in [5.74, 6) is -1.84. The highest BCUT2D eigenvalue weighted by molar-refractivity contribution is 6.02. The van der Waals surface area contributed by atoms with Crippen LogP contribution in [0.5, 0.6) is 0 Å². The maximum absolute atomic E-state index is 13.1. The zero-order chi connectivity index (χ0) is 19.6. The lowest BCUT2D eigenvalue weighted by atomic mass is 10.0. The number of hydrogen-bond acceptors (Lipinski definition) is 2. The predicted molar refractivity (Wildman–Crippen MR) is 87.5 cm³/mol. The zero-order valence-corrected chi connectivity index (χ0v) is 14.5. The van der Waals surface area contributed by atoms with Crippen LogP contribution in [0.1, 0.15) is 57.1 Å². The summed E-state index contributed by atoms with van der Waals surface area (Å²) < 4.78 is 52.2. The molecule has 1 heterocycles. The Morgan fingerprint density at radius 1 is 1.23 bits per heavy atom. The Bertz CT molecular complexity index is 854. The molecule has 0 saturated carbocycles. The number of nitrogens with one attached hydrogen (secondary N) is 2. The van der Waals surface area contributed by atoms with Crippen LogP contribution in [-0.2, 0) is 19.1 Å². The van der Waals surface area contributed by atoms with Crippen molar-refractivity contribution in [2.45, 2.75) is 39.9 Å². The number of carbonyl (C=O) groups excluding carboxylic acids is 2. The number of benzene rings is 1. The number of amides is 1. The van der Waals surface area contributed by atoms with E-state index < -0.39 is 30.0 Å². The van der Waals surface area contributed by atoms with Gasteiger partial charge in [-0.25, -0.2) is 4.39 Å². The lowest BCUT2D eigenvalue weighted by molar-refractivity contribution is -0.138. The molecule has 0 saturated heterocycles. The lowest BCUT2D eigenvalue weighted by Gasteiger charge is -2.13. The Labute approximate surface area is 147 Å². The van der Waals surface area contributed by atoms with Crippen molar-refractivity contribution in [3.05, 3.63) is 57.7 Å². The molecular weight excluding hydrogens is 352 g/mol. The van der Waals surface area contributed by atoms with Crippen molar-refractivity contribution in [2.24, 2.45) is 0 Å². The van der Waals surface area contributed by atoms with Gasteiger partial charge in [-0.3, -0.25) is 9.59 Å². The van der Waals surface area contributed by atoms with E-state index >= 15 is 0 Å². The number of carbonyl (C=O) groups is 2. The number of rotatable bonds is 5. The van der Waals surface area contributed by atoms with E-state index in [2.05, 4.69) is 10.3 Å². The number of H-pyrrole nitrogens is 1. The second-order valence-corrected chi connectivity index (χ2v) is 5.87. The highest BCUT2D eigenvalue weighted by atomic mass is 19.4. The summed E-state index contributed by atoms with van der Waals surface area (Å²) in [5.41, 5.74) is 0.210. The number of aromatic amines is 1. The van der Waals surface area contributed by atoms with Gasteiger partial charge in [0, 0.05) is 17.8 Å². The second-order valence-electron chi connectivity index (χ2n) is 5.87. The van der Waals surface area contributed by atoms with Gasteiger partial charge in [-0.05, 0) is 43.5 Å². The smallest absolute Gasteiger partial charge is 0.354 e. The number of halogens is 4. The summed E-state index contributed by atoms with van der Waals surface area (Å²) in [5, 5.41) is 2.40. The van der Waals surface area contributed by atoms with Crippen molar-refractivity contribution < 1.29 is 27.2 Å². The molecule has 140 valence electrons. The minimum absolute atomic E-state index is 0.144. The molecule has 0 bridgehead atoms. The van der Waals surface area contributed by atoms with Gasteiger partial charge < -0.3 is 10.3 Å². The first kappa shape index (κ1) is 19.7. The molecule has 0 atom stereocenters. The summed E-state index contributed by atoms with van der Waals surface area (Å²) >= 11 is 0. The minimum Gasteiger partial charge on any atom is -0.354 e. The van der Waals surface area contributed by atoms with E-state index in [9.17, 15) is 27.2 Å². The van der Waals surface area contributed by atoms with Crippen molar-refractivity contribution >= 4 is 11.7 Å². The topological polar surface area (TPSA) is 62.0 Å². The molecule has 1 aromatic heterocycles. The first-order valence-corrected chi connectivity index (χ1v) is 7.92. The predicted octanol–water partition coefficient (Wildman–Crippen LogP) is 4.18. The fourth-order valence-corrected chi connectivity index (χ4v) is 2.93. The van der Waals surface area contributed by atoms with Crippen LogP contribution in [0.15, 0.2) is 18.2 Å². The van der Waals surface area contributed by atoms with Crippen LogP contribution in [0.25, 0.3) is 0 Å². The Hall–Kier alpha value is -2.64. The molecule has 0 radical (unpaired) electrons. The van der Waals surface area contributed by atoms with E-state index in [1.54, 1.807) is 13.8 Å². The van der Waals surface area contributed by atoms with Crippen molar-refractivity contribution in [2.75, 3.05) is 0 Å². The molecule has 8 heteroatoms. The van der Waals surface area contributed by atoms with E-state index in [0.717, 1.165) is 12.1 Å². The number of ketones is 1. The molecule has 2 rings (SSSR count). The molecule has 1 amide bonds. The third-order valence-corrected chi connectivity index (χ3v) is 4.04. The SMILES string of the molecule is CCc1c(C(=O)NCc2ccc(F)cc2C(F)(F)F)[nH]c(C)c1C(C)=O. The Balaban J connectivity index is 2.28. The number of aromatic nitrogens is 1. The van der Waals surface area contributed by atoms with E-state index in [1.165, 1.54) is 6.92 Å². The first-order valence-electron chi connectivity index (χ1n) is 7.92. The highest BCUT2D eigenvalue weighted by Gasteiger charge is 2.34. The van der Waals surface area contributed by atoms with E-state index in [4.69, 9.17) is 0 Å². The Morgan fingerprint density at radius 3 is 2.42 bits per heavy atom. The summed E-state index contributed by atoms with van der Waals surface area (Å²) in [4.78, 5) is 27.0. The summed E-state index contributed by atoms with van der Waals surface area (Å²) in [6.45, 7) is 4.37.